The highest BCUT2D eigenvalue weighted by Gasteiger charge is 2.35. The van der Waals surface area contributed by atoms with Crippen LogP contribution in [0.25, 0.3) is 0 Å². The maximum absolute atomic E-state index is 12.8. The average Bonchev–Trinajstić information content (AvgIpc) is 2.94. The second kappa shape index (κ2) is 10.7. The number of rotatable bonds is 7. The van der Waals surface area contributed by atoms with Crippen molar-refractivity contribution in [3.8, 4) is 0 Å². The van der Waals surface area contributed by atoms with Gasteiger partial charge in [-0.1, -0.05) is 13.8 Å². The average molecular weight is 431 g/mol. The Balaban J connectivity index is 1.64. The molecule has 2 aliphatic rings. The van der Waals surface area contributed by atoms with Gasteiger partial charge < -0.3 is 25.6 Å². The third kappa shape index (κ3) is 6.27. The quantitative estimate of drug-likeness (QED) is 0.599. The van der Waals surface area contributed by atoms with Crippen LogP contribution in [0.5, 0.6) is 0 Å². The summed E-state index contributed by atoms with van der Waals surface area (Å²) < 4.78 is 5.30. The van der Waals surface area contributed by atoms with Gasteiger partial charge in [0.2, 0.25) is 5.91 Å². The lowest BCUT2D eigenvalue weighted by Crippen LogP contribution is -2.53. The Bertz CT molecular complexity index is 772. The summed E-state index contributed by atoms with van der Waals surface area (Å²) in [6, 6.07) is 6.11. The number of benzene rings is 1. The van der Waals surface area contributed by atoms with Gasteiger partial charge in [-0.15, -0.1) is 0 Å². The van der Waals surface area contributed by atoms with Gasteiger partial charge in [0.15, 0.2) is 5.78 Å². The molecule has 0 aliphatic carbocycles. The van der Waals surface area contributed by atoms with E-state index in [4.69, 9.17) is 4.74 Å². The molecule has 0 aromatic heterocycles. The fourth-order valence-electron chi connectivity index (χ4n) is 3.99. The molecule has 8 nitrogen and oxygen atoms in total. The Hall–Kier alpha value is -2.45. The monoisotopic (exact) mass is 430 g/mol. The topological polar surface area (TPSA) is 99.8 Å². The normalized spacial score (nSPS) is 22.8. The highest BCUT2D eigenvalue weighted by molar-refractivity contribution is 5.99. The first-order valence-electron chi connectivity index (χ1n) is 11.2. The van der Waals surface area contributed by atoms with Gasteiger partial charge in [-0.2, -0.15) is 0 Å². The lowest BCUT2D eigenvalue weighted by molar-refractivity contribution is -0.127. The molecule has 2 heterocycles. The lowest BCUT2D eigenvalue weighted by atomic mass is 10.0. The number of ketones is 1. The van der Waals surface area contributed by atoms with E-state index in [1.165, 1.54) is 0 Å². The molecule has 1 aromatic rings. The van der Waals surface area contributed by atoms with E-state index in [9.17, 15) is 14.4 Å². The molecule has 170 valence electrons. The highest BCUT2D eigenvalue weighted by atomic mass is 16.5. The van der Waals surface area contributed by atoms with Crippen LogP contribution in [0.1, 0.15) is 44.0 Å². The van der Waals surface area contributed by atoms with Crippen LogP contribution < -0.4 is 20.9 Å². The molecule has 3 N–H and O–H groups in total. The molecule has 1 aromatic carbocycles. The zero-order valence-corrected chi connectivity index (χ0v) is 18.6. The second-order valence-electron chi connectivity index (χ2n) is 8.76. The number of hydrogen-bond donors (Lipinski definition) is 3. The van der Waals surface area contributed by atoms with E-state index >= 15 is 0 Å². The molecule has 3 atom stereocenters. The summed E-state index contributed by atoms with van der Waals surface area (Å²) in [6.07, 6.45) is 1.20. The first kappa shape index (κ1) is 23.2. The molecule has 31 heavy (non-hydrogen) atoms. The lowest BCUT2D eigenvalue weighted by Gasteiger charge is -2.24. The minimum Gasteiger partial charge on any atom is -0.370 e. The molecule has 0 spiro atoms. The maximum atomic E-state index is 12.8. The van der Waals surface area contributed by atoms with Crippen molar-refractivity contribution < 1.29 is 19.1 Å². The number of Topliss-reactive ketones (excluding diaryl/α,β-unsaturated/α-hetero) is 1. The molecular formula is C23H34N4O4. The second-order valence-corrected chi connectivity index (χ2v) is 8.76. The zero-order valence-electron chi connectivity index (χ0n) is 18.6. The van der Waals surface area contributed by atoms with Crippen LogP contribution in [-0.4, -0.2) is 68.6 Å². The van der Waals surface area contributed by atoms with Crippen molar-refractivity contribution in [2.45, 2.75) is 51.8 Å². The van der Waals surface area contributed by atoms with Crippen molar-refractivity contribution >= 4 is 23.3 Å². The van der Waals surface area contributed by atoms with Gasteiger partial charge in [-0.05, 0) is 56.5 Å². The molecule has 2 saturated heterocycles. The van der Waals surface area contributed by atoms with E-state index in [1.807, 2.05) is 26.0 Å². The van der Waals surface area contributed by atoms with Gasteiger partial charge in [0.1, 0.15) is 18.7 Å². The van der Waals surface area contributed by atoms with Crippen LogP contribution in [-0.2, 0) is 14.3 Å². The summed E-state index contributed by atoms with van der Waals surface area (Å²) in [7, 11) is 0. The summed E-state index contributed by atoms with van der Waals surface area (Å²) in [5.41, 5.74) is 1.59. The number of amides is 2. The minimum atomic E-state index is -0.718. The molecule has 1 unspecified atom stereocenters. The molecule has 2 aliphatic heterocycles. The number of nitrogens with zero attached hydrogens (tertiary/aromatic N) is 1. The number of carbonyl (C=O) groups excluding carboxylic acids is 3. The van der Waals surface area contributed by atoms with Crippen LogP contribution in [0, 0.1) is 5.92 Å². The van der Waals surface area contributed by atoms with Crippen molar-refractivity contribution in [2.75, 3.05) is 37.7 Å². The van der Waals surface area contributed by atoms with Crippen molar-refractivity contribution in [1.29, 1.82) is 0 Å². The number of anilines is 1. The largest absolute Gasteiger partial charge is 0.370 e. The standard InChI is InChI=1S/C23H34N4O4/c1-15(2)13-19(23(30)26-21-16(3)31-14-20(21)28)25-22(29)17-5-7-18(8-6-17)27-11-4-9-24-10-12-27/h5-8,15-16,19,21,24H,4,9-14H2,1-3H3,(H,25,29)(H,26,30)/t16-,19?,21+/m1/s1. The van der Waals surface area contributed by atoms with Crippen molar-refractivity contribution in [3.63, 3.8) is 0 Å². The van der Waals surface area contributed by atoms with E-state index in [0.29, 0.717) is 12.0 Å². The predicted molar refractivity (Wildman–Crippen MR) is 119 cm³/mol. The summed E-state index contributed by atoms with van der Waals surface area (Å²) in [6.45, 7) is 9.63. The smallest absolute Gasteiger partial charge is 0.251 e. The number of ether oxygens (including phenoxy) is 1. The van der Waals surface area contributed by atoms with E-state index in [-0.39, 0.29) is 36.2 Å². The molecule has 2 amide bonds. The third-order valence-electron chi connectivity index (χ3n) is 5.77. The molecule has 3 rings (SSSR count). The van der Waals surface area contributed by atoms with Gasteiger partial charge in [0, 0.05) is 30.9 Å². The zero-order chi connectivity index (χ0) is 22.4. The van der Waals surface area contributed by atoms with E-state index in [0.717, 1.165) is 38.3 Å². The Kier molecular flexibility index (Phi) is 8.03. The molecule has 8 heteroatoms. The van der Waals surface area contributed by atoms with Crippen LogP contribution in [0.2, 0.25) is 0 Å². The van der Waals surface area contributed by atoms with Crippen molar-refractivity contribution in [3.05, 3.63) is 29.8 Å². The summed E-state index contributed by atoms with van der Waals surface area (Å²) >= 11 is 0. The molecule has 2 fully saturated rings. The van der Waals surface area contributed by atoms with E-state index in [1.54, 1.807) is 19.1 Å². The van der Waals surface area contributed by atoms with Crippen LogP contribution >= 0.6 is 0 Å². The van der Waals surface area contributed by atoms with Gasteiger partial charge in [-0.3, -0.25) is 14.4 Å². The van der Waals surface area contributed by atoms with Gasteiger partial charge in [-0.25, -0.2) is 0 Å². The Morgan fingerprint density at radius 1 is 1.19 bits per heavy atom. The summed E-state index contributed by atoms with van der Waals surface area (Å²) in [5.74, 6) is -0.601. The van der Waals surface area contributed by atoms with Crippen LogP contribution in [0.4, 0.5) is 5.69 Å². The SMILES string of the molecule is CC(C)CC(NC(=O)c1ccc(N2CCCNCC2)cc1)C(=O)N[C@@H]1C(=O)CO[C@@H]1C. The van der Waals surface area contributed by atoms with Crippen molar-refractivity contribution in [1.82, 2.24) is 16.0 Å². The minimum absolute atomic E-state index is 0.00670. The Morgan fingerprint density at radius 2 is 1.94 bits per heavy atom. The number of nitrogens with one attached hydrogen (secondary N) is 3. The number of hydrogen-bond acceptors (Lipinski definition) is 6. The fourth-order valence-corrected chi connectivity index (χ4v) is 3.99. The van der Waals surface area contributed by atoms with Gasteiger partial charge in [0.05, 0.1) is 6.10 Å². The van der Waals surface area contributed by atoms with E-state index < -0.39 is 12.1 Å². The van der Waals surface area contributed by atoms with Crippen LogP contribution in [0.3, 0.4) is 0 Å². The summed E-state index contributed by atoms with van der Waals surface area (Å²) in [4.78, 5) is 39.9. The molecule has 0 bridgehead atoms. The summed E-state index contributed by atoms with van der Waals surface area (Å²) in [5, 5.41) is 8.99. The maximum Gasteiger partial charge on any atom is 0.251 e. The van der Waals surface area contributed by atoms with Gasteiger partial charge in [0.25, 0.3) is 5.91 Å². The predicted octanol–water partition coefficient (Wildman–Crippen LogP) is 1.10. The first-order chi connectivity index (χ1) is 14.8. The molecule has 0 saturated carbocycles. The van der Waals surface area contributed by atoms with Gasteiger partial charge >= 0.3 is 0 Å². The Labute approximate surface area is 184 Å². The molecule has 0 radical (unpaired) electrons. The highest BCUT2D eigenvalue weighted by Crippen LogP contribution is 2.17. The first-order valence-corrected chi connectivity index (χ1v) is 11.2. The number of carbonyl (C=O) groups is 3. The Morgan fingerprint density at radius 3 is 2.58 bits per heavy atom. The third-order valence-corrected chi connectivity index (χ3v) is 5.77. The van der Waals surface area contributed by atoms with Crippen molar-refractivity contribution in [2.24, 2.45) is 5.92 Å². The van der Waals surface area contributed by atoms with E-state index in [2.05, 4.69) is 20.9 Å². The van der Waals surface area contributed by atoms with Crippen LogP contribution in [0.15, 0.2) is 24.3 Å². The fraction of sp³-hybridized carbons (Fsp3) is 0.609. The molecular weight excluding hydrogens is 396 g/mol.